The Bertz CT molecular complexity index is 497. The molecule has 0 bridgehead atoms. The fourth-order valence-electron chi connectivity index (χ4n) is 2.89. The number of hydrogen-bond donors (Lipinski definition) is 4. The van der Waals surface area contributed by atoms with Gasteiger partial charge in [-0.05, 0) is 38.8 Å². The van der Waals surface area contributed by atoms with Crippen LogP contribution >= 0.6 is 0 Å². The largest absolute Gasteiger partial charge is 0.493 e. The molecule has 1 fully saturated rings. The molecule has 0 radical (unpaired) electrons. The van der Waals surface area contributed by atoms with Crippen LogP contribution in [0, 0.1) is 5.41 Å². The summed E-state index contributed by atoms with van der Waals surface area (Å²) >= 11 is 0. The summed E-state index contributed by atoms with van der Waals surface area (Å²) in [6.07, 6.45) is -0.792. The van der Waals surface area contributed by atoms with Gasteiger partial charge in [0.15, 0.2) is 0 Å². The van der Waals surface area contributed by atoms with Crippen molar-refractivity contribution in [1.82, 2.24) is 10.6 Å². The molecule has 6 heteroatoms. The number of nitrogens with one attached hydrogen (secondary N) is 2. The zero-order valence-electron chi connectivity index (χ0n) is 13.7. The molecule has 1 aliphatic carbocycles. The smallest absolute Gasteiger partial charge is 0.315 e. The summed E-state index contributed by atoms with van der Waals surface area (Å²) in [4.78, 5) is 11.8. The molecule has 2 atom stereocenters. The standard InChI is InChI=1S/C17H26N2O4/c1-12(2)19-16(22)18-10-17(8-14(20)15(21)9-17)11-23-13-6-4-3-5-7-13/h3-7,12,14-15,20-21H,8-11H2,1-2H3,(H2,18,19,22). The van der Waals surface area contributed by atoms with Gasteiger partial charge in [-0.25, -0.2) is 4.79 Å². The highest BCUT2D eigenvalue weighted by Crippen LogP contribution is 2.38. The Balaban J connectivity index is 1.97. The SMILES string of the molecule is CC(C)NC(=O)NCC1(COc2ccccc2)CC(O)C(O)C1. The van der Waals surface area contributed by atoms with Crippen LogP contribution in [0.4, 0.5) is 4.79 Å². The molecule has 23 heavy (non-hydrogen) atoms. The van der Waals surface area contributed by atoms with Gasteiger partial charge in [0.2, 0.25) is 0 Å². The Hall–Kier alpha value is -1.79. The molecule has 0 aliphatic heterocycles. The zero-order chi connectivity index (χ0) is 16.9. The highest BCUT2D eigenvalue weighted by atomic mass is 16.5. The van der Waals surface area contributed by atoms with E-state index in [1.54, 1.807) is 0 Å². The van der Waals surface area contributed by atoms with Crippen molar-refractivity contribution in [3.63, 3.8) is 0 Å². The number of carbonyl (C=O) groups excluding carboxylic acids is 1. The van der Waals surface area contributed by atoms with Crippen LogP contribution in [0.3, 0.4) is 0 Å². The number of carbonyl (C=O) groups is 1. The first-order chi connectivity index (χ1) is 10.9. The fourth-order valence-corrected chi connectivity index (χ4v) is 2.89. The van der Waals surface area contributed by atoms with Crippen LogP contribution in [0.5, 0.6) is 5.75 Å². The lowest BCUT2D eigenvalue weighted by molar-refractivity contribution is 0.0438. The Morgan fingerprint density at radius 1 is 1.26 bits per heavy atom. The summed E-state index contributed by atoms with van der Waals surface area (Å²) in [6.45, 7) is 4.44. The zero-order valence-corrected chi connectivity index (χ0v) is 13.7. The van der Waals surface area contributed by atoms with Crippen molar-refractivity contribution in [2.24, 2.45) is 5.41 Å². The normalized spacial score (nSPS) is 27.0. The van der Waals surface area contributed by atoms with Crippen LogP contribution < -0.4 is 15.4 Å². The number of para-hydroxylation sites is 1. The third-order valence-electron chi connectivity index (χ3n) is 4.06. The molecule has 2 rings (SSSR count). The highest BCUT2D eigenvalue weighted by Gasteiger charge is 2.45. The topological polar surface area (TPSA) is 90.8 Å². The molecule has 2 amide bonds. The number of aliphatic hydroxyl groups is 2. The number of benzene rings is 1. The number of ether oxygens (including phenoxy) is 1. The Labute approximate surface area is 136 Å². The van der Waals surface area contributed by atoms with E-state index in [4.69, 9.17) is 4.74 Å². The minimum absolute atomic E-state index is 0.0475. The minimum atomic E-state index is -0.788. The first-order valence-corrected chi connectivity index (χ1v) is 7.98. The van der Waals surface area contributed by atoms with Gasteiger partial charge in [-0.3, -0.25) is 0 Å². The highest BCUT2D eigenvalue weighted by molar-refractivity contribution is 5.74. The lowest BCUT2D eigenvalue weighted by Gasteiger charge is -2.29. The van der Waals surface area contributed by atoms with Gasteiger partial charge in [-0.1, -0.05) is 18.2 Å². The summed E-state index contributed by atoms with van der Waals surface area (Å²) in [6, 6.07) is 9.18. The molecule has 2 unspecified atom stereocenters. The van der Waals surface area contributed by atoms with Crippen LogP contribution in [-0.4, -0.2) is 47.6 Å². The molecule has 128 valence electrons. The molecule has 6 nitrogen and oxygen atoms in total. The summed E-state index contributed by atoms with van der Waals surface area (Å²) in [7, 11) is 0. The Kier molecular flexibility index (Phi) is 5.85. The lowest BCUT2D eigenvalue weighted by Crippen LogP contribution is -2.46. The van der Waals surface area contributed by atoms with Gasteiger partial charge in [0, 0.05) is 18.0 Å². The molecule has 0 aromatic heterocycles. The average Bonchev–Trinajstić information content (AvgIpc) is 2.79. The van der Waals surface area contributed by atoms with E-state index < -0.39 is 17.6 Å². The molecular formula is C17H26N2O4. The van der Waals surface area contributed by atoms with Gasteiger partial charge in [0.05, 0.1) is 18.8 Å². The van der Waals surface area contributed by atoms with Crippen molar-refractivity contribution < 1.29 is 19.7 Å². The van der Waals surface area contributed by atoms with Gasteiger partial charge in [-0.15, -0.1) is 0 Å². The van der Waals surface area contributed by atoms with Crippen LogP contribution in [-0.2, 0) is 0 Å². The van der Waals surface area contributed by atoms with Gasteiger partial charge in [0.25, 0.3) is 0 Å². The van der Waals surface area contributed by atoms with E-state index in [0.29, 0.717) is 26.0 Å². The molecule has 1 aromatic carbocycles. The van der Waals surface area contributed by atoms with Crippen molar-refractivity contribution in [2.75, 3.05) is 13.2 Å². The van der Waals surface area contributed by atoms with E-state index in [2.05, 4.69) is 10.6 Å². The maximum atomic E-state index is 11.8. The number of urea groups is 1. The van der Waals surface area contributed by atoms with E-state index in [0.717, 1.165) is 5.75 Å². The molecule has 0 saturated heterocycles. The Morgan fingerprint density at radius 3 is 2.43 bits per heavy atom. The number of aliphatic hydroxyl groups excluding tert-OH is 2. The van der Waals surface area contributed by atoms with Gasteiger partial charge in [-0.2, -0.15) is 0 Å². The maximum absolute atomic E-state index is 11.8. The van der Waals surface area contributed by atoms with E-state index in [1.165, 1.54) is 0 Å². The van der Waals surface area contributed by atoms with Crippen LogP contribution in [0.15, 0.2) is 30.3 Å². The van der Waals surface area contributed by atoms with E-state index in [9.17, 15) is 15.0 Å². The maximum Gasteiger partial charge on any atom is 0.315 e. The summed E-state index contributed by atoms with van der Waals surface area (Å²) in [5.41, 5.74) is -0.483. The second kappa shape index (κ2) is 7.66. The number of hydrogen-bond acceptors (Lipinski definition) is 4. The van der Waals surface area contributed by atoms with Crippen molar-refractivity contribution >= 4 is 6.03 Å². The summed E-state index contributed by atoms with van der Waals surface area (Å²) < 4.78 is 5.81. The molecular weight excluding hydrogens is 296 g/mol. The third-order valence-corrected chi connectivity index (χ3v) is 4.06. The fraction of sp³-hybridized carbons (Fsp3) is 0.588. The molecule has 0 heterocycles. The first-order valence-electron chi connectivity index (χ1n) is 7.98. The molecule has 1 aromatic rings. The first kappa shape index (κ1) is 17.6. The molecule has 4 N–H and O–H groups in total. The van der Waals surface area contributed by atoms with Crippen molar-refractivity contribution in [3.05, 3.63) is 30.3 Å². The lowest BCUT2D eigenvalue weighted by atomic mass is 9.86. The summed E-state index contributed by atoms with van der Waals surface area (Å²) in [5.74, 6) is 0.731. The van der Waals surface area contributed by atoms with E-state index in [-0.39, 0.29) is 12.1 Å². The number of rotatable bonds is 6. The van der Waals surface area contributed by atoms with Crippen molar-refractivity contribution in [1.29, 1.82) is 0 Å². The Morgan fingerprint density at radius 2 is 1.87 bits per heavy atom. The van der Waals surface area contributed by atoms with Crippen LogP contribution in [0.1, 0.15) is 26.7 Å². The minimum Gasteiger partial charge on any atom is -0.493 e. The quantitative estimate of drug-likeness (QED) is 0.635. The second-order valence-electron chi connectivity index (χ2n) is 6.63. The van der Waals surface area contributed by atoms with Gasteiger partial charge < -0.3 is 25.6 Å². The molecule has 0 spiro atoms. The van der Waals surface area contributed by atoms with Crippen molar-refractivity contribution in [2.45, 2.75) is 44.9 Å². The predicted octanol–water partition coefficient (Wildman–Crippen LogP) is 1.27. The van der Waals surface area contributed by atoms with Crippen molar-refractivity contribution in [3.8, 4) is 5.75 Å². The van der Waals surface area contributed by atoms with E-state index in [1.807, 2.05) is 44.2 Å². The average molecular weight is 322 g/mol. The number of amides is 2. The van der Waals surface area contributed by atoms with Gasteiger partial charge in [0.1, 0.15) is 5.75 Å². The predicted molar refractivity (Wildman–Crippen MR) is 87.3 cm³/mol. The molecule has 1 saturated carbocycles. The van der Waals surface area contributed by atoms with Crippen LogP contribution in [0.2, 0.25) is 0 Å². The third kappa shape index (κ3) is 5.11. The second-order valence-corrected chi connectivity index (χ2v) is 6.63. The van der Waals surface area contributed by atoms with Crippen LogP contribution in [0.25, 0.3) is 0 Å². The monoisotopic (exact) mass is 322 g/mol. The molecule has 1 aliphatic rings. The van der Waals surface area contributed by atoms with E-state index >= 15 is 0 Å². The summed E-state index contributed by atoms with van der Waals surface area (Å²) in [5, 5.41) is 25.4. The van der Waals surface area contributed by atoms with Gasteiger partial charge >= 0.3 is 6.03 Å².